The third-order valence-electron chi connectivity index (χ3n) is 2.69. The third kappa shape index (κ3) is 4.88. The van der Waals surface area contributed by atoms with Crippen LogP contribution in [-0.4, -0.2) is 21.1 Å². The molecule has 2 aromatic carbocycles. The van der Waals surface area contributed by atoms with Gasteiger partial charge < -0.3 is 14.9 Å². The lowest BCUT2D eigenvalue weighted by molar-refractivity contribution is 0.113. The highest BCUT2D eigenvalue weighted by Gasteiger charge is 2.27. The van der Waals surface area contributed by atoms with Crippen LogP contribution in [0.25, 0.3) is 0 Å². The summed E-state index contributed by atoms with van der Waals surface area (Å²) in [4.78, 5) is 2.05. The van der Waals surface area contributed by atoms with E-state index in [0.717, 1.165) is 9.79 Å². The summed E-state index contributed by atoms with van der Waals surface area (Å²) in [5.74, 6) is 0.507. The molecule has 5 heteroatoms. The molecule has 0 heterocycles. The Morgan fingerprint density at radius 1 is 0.857 bits per heavy atom. The van der Waals surface area contributed by atoms with E-state index in [0.29, 0.717) is 6.61 Å². The van der Waals surface area contributed by atoms with Gasteiger partial charge in [0.15, 0.2) is 4.27 Å². The molecule has 0 aliphatic carbocycles. The predicted octanol–water partition coefficient (Wildman–Crippen LogP) is 4.69. The topological polar surface area (TPSA) is 49.7 Å². The number of phenolic OH excluding ortho intramolecular Hbond substituents is 2. The smallest absolute Gasteiger partial charge is 0.166 e. The highest BCUT2D eigenvalue weighted by atomic mass is 32.2. The Kier molecular flexibility index (Phi) is 5.45. The first kappa shape index (κ1) is 16.1. The fraction of sp³-hybridized carbons (Fsp3) is 0.250. The summed E-state index contributed by atoms with van der Waals surface area (Å²) < 4.78 is 5.42. The van der Waals surface area contributed by atoms with Gasteiger partial charge in [-0.05, 0) is 62.4 Å². The standard InChI is InChI=1S/C16H18O3S2/c1-3-19-16(2,20-14-8-4-12(17)5-9-14)21-15-10-6-13(18)7-11-15/h4-11,17-18H,3H2,1-2H3. The molecule has 0 fully saturated rings. The molecule has 0 aliphatic heterocycles. The van der Waals surface area contributed by atoms with Crippen LogP contribution >= 0.6 is 23.5 Å². The Morgan fingerprint density at radius 2 is 1.24 bits per heavy atom. The minimum absolute atomic E-state index is 0.253. The van der Waals surface area contributed by atoms with Gasteiger partial charge in [-0.3, -0.25) is 0 Å². The van der Waals surface area contributed by atoms with Gasteiger partial charge in [-0.1, -0.05) is 23.5 Å². The quantitative estimate of drug-likeness (QED) is 0.597. The molecule has 0 atom stereocenters. The average molecular weight is 322 g/mol. The van der Waals surface area contributed by atoms with E-state index in [1.54, 1.807) is 47.8 Å². The van der Waals surface area contributed by atoms with Crippen LogP contribution in [0.1, 0.15) is 13.8 Å². The maximum absolute atomic E-state index is 9.35. The van der Waals surface area contributed by atoms with Crippen molar-refractivity contribution >= 4 is 23.5 Å². The molecule has 0 radical (unpaired) electrons. The van der Waals surface area contributed by atoms with Crippen molar-refractivity contribution in [2.45, 2.75) is 27.9 Å². The Labute approximate surface area is 133 Å². The molecular formula is C16H18O3S2. The summed E-state index contributed by atoms with van der Waals surface area (Å²) in [6.07, 6.45) is 0. The van der Waals surface area contributed by atoms with Crippen molar-refractivity contribution in [3.8, 4) is 11.5 Å². The van der Waals surface area contributed by atoms with Crippen LogP contribution in [-0.2, 0) is 4.74 Å². The lowest BCUT2D eigenvalue weighted by Crippen LogP contribution is -2.19. The minimum Gasteiger partial charge on any atom is -0.508 e. The molecule has 2 rings (SSSR count). The number of thioether (sulfide) groups is 2. The molecule has 0 saturated carbocycles. The van der Waals surface area contributed by atoms with Crippen LogP contribution in [0.15, 0.2) is 58.3 Å². The summed E-state index contributed by atoms with van der Waals surface area (Å²) in [6.45, 7) is 4.59. The summed E-state index contributed by atoms with van der Waals surface area (Å²) >= 11 is 3.18. The SMILES string of the molecule is CCOC(C)(Sc1ccc(O)cc1)Sc1ccc(O)cc1. The van der Waals surface area contributed by atoms with E-state index in [2.05, 4.69) is 0 Å². The molecule has 2 aromatic rings. The van der Waals surface area contributed by atoms with E-state index in [-0.39, 0.29) is 11.5 Å². The Balaban J connectivity index is 2.14. The van der Waals surface area contributed by atoms with Crippen molar-refractivity contribution in [2.24, 2.45) is 0 Å². The molecule has 21 heavy (non-hydrogen) atoms. The number of hydrogen-bond acceptors (Lipinski definition) is 5. The molecule has 0 saturated heterocycles. The van der Waals surface area contributed by atoms with Gasteiger partial charge in [0.1, 0.15) is 11.5 Å². The Bertz CT molecular complexity index is 520. The summed E-state index contributed by atoms with van der Waals surface area (Å²) in [5.41, 5.74) is 0. The van der Waals surface area contributed by atoms with Gasteiger partial charge in [0.25, 0.3) is 0 Å². The number of phenols is 2. The van der Waals surface area contributed by atoms with Crippen molar-refractivity contribution in [2.75, 3.05) is 6.61 Å². The first-order chi connectivity index (χ1) is 10.0. The molecule has 0 aliphatic rings. The van der Waals surface area contributed by atoms with Crippen LogP contribution in [0, 0.1) is 0 Å². The number of rotatable bonds is 6. The van der Waals surface area contributed by atoms with E-state index >= 15 is 0 Å². The second kappa shape index (κ2) is 7.11. The van der Waals surface area contributed by atoms with Gasteiger partial charge in [0.2, 0.25) is 0 Å². The lowest BCUT2D eigenvalue weighted by atomic mass is 10.3. The Morgan fingerprint density at radius 3 is 1.57 bits per heavy atom. The first-order valence-electron chi connectivity index (χ1n) is 6.61. The molecule has 0 unspecified atom stereocenters. The largest absolute Gasteiger partial charge is 0.508 e. The van der Waals surface area contributed by atoms with Crippen LogP contribution in [0.3, 0.4) is 0 Å². The maximum Gasteiger partial charge on any atom is 0.166 e. The summed E-state index contributed by atoms with van der Waals surface area (Å²) in [7, 11) is 0. The van der Waals surface area contributed by atoms with Crippen molar-refractivity contribution < 1.29 is 14.9 Å². The fourth-order valence-corrected chi connectivity index (χ4v) is 4.30. The zero-order chi connectivity index (χ0) is 15.3. The van der Waals surface area contributed by atoms with Crippen molar-refractivity contribution in [3.63, 3.8) is 0 Å². The van der Waals surface area contributed by atoms with Crippen LogP contribution in [0.4, 0.5) is 0 Å². The molecule has 3 nitrogen and oxygen atoms in total. The molecule has 0 spiro atoms. The number of ether oxygens (including phenoxy) is 1. The van der Waals surface area contributed by atoms with E-state index in [9.17, 15) is 10.2 Å². The van der Waals surface area contributed by atoms with Crippen molar-refractivity contribution in [1.29, 1.82) is 0 Å². The van der Waals surface area contributed by atoms with Gasteiger partial charge in [-0.25, -0.2) is 0 Å². The summed E-state index contributed by atoms with van der Waals surface area (Å²) in [5, 5.41) is 18.7. The molecular weight excluding hydrogens is 304 g/mol. The molecule has 112 valence electrons. The highest BCUT2D eigenvalue weighted by Crippen LogP contribution is 2.46. The van der Waals surface area contributed by atoms with Gasteiger partial charge in [0, 0.05) is 16.4 Å². The zero-order valence-corrected chi connectivity index (χ0v) is 13.6. The molecule has 0 amide bonds. The van der Waals surface area contributed by atoms with Crippen LogP contribution < -0.4 is 0 Å². The first-order valence-corrected chi connectivity index (χ1v) is 8.24. The second-order valence-electron chi connectivity index (χ2n) is 4.49. The van der Waals surface area contributed by atoms with Crippen LogP contribution in [0.5, 0.6) is 11.5 Å². The summed E-state index contributed by atoms with van der Waals surface area (Å²) in [6, 6.07) is 14.1. The molecule has 0 aromatic heterocycles. The second-order valence-corrected chi connectivity index (χ2v) is 7.65. The van der Waals surface area contributed by atoms with E-state index < -0.39 is 4.27 Å². The number of hydrogen-bond donors (Lipinski definition) is 2. The monoisotopic (exact) mass is 322 g/mol. The third-order valence-corrected chi connectivity index (χ3v) is 5.18. The van der Waals surface area contributed by atoms with Gasteiger partial charge in [-0.15, -0.1) is 0 Å². The zero-order valence-electron chi connectivity index (χ0n) is 11.9. The van der Waals surface area contributed by atoms with Gasteiger partial charge >= 0.3 is 0 Å². The normalized spacial score (nSPS) is 11.5. The van der Waals surface area contributed by atoms with E-state index in [4.69, 9.17) is 4.74 Å². The Hall–Kier alpha value is -1.30. The predicted molar refractivity (Wildman–Crippen MR) is 88.0 cm³/mol. The minimum atomic E-state index is -0.483. The van der Waals surface area contributed by atoms with Crippen molar-refractivity contribution in [3.05, 3.63) is 48.5 Å². The van der Waals surface area contributed by atoms with E-state index in [1.165, 1.54) is 0 Å². The van der Waals surface area contributed by atoms with Gasteiger partial charge in [-0.2, -0.15) is 0 Å². The van der Waals surface area contributed by atoms with Gasteiger partial charge in [0.05, 0.1) is 0 Å². The molecule has 0 bridgehead atoms. The van der Waals surface area contributed by atoms with Crippen LogP contribution in [0.2, 0.25) is 0 Å². The maximum atomic E-state index is 9.35. The van der Waals surface area contributed by atoms with Crippen molar-refractivity contribution in [1.82, 2.24) is 0 Å². The fourth-order valence-electron chi connectivity index (χ4n) is 1.80. The van der Waals surface area contributed by atoms with E-state index in [1.807, 2.05) is 38.1 Å². The highest BCUT2D eigenvalue weighted by molar-refractivity contribution is 8.18. The number of benzene rings is 2. The molecule has 2 N–H and O–H groups in total. The average Bonchev–Trinajstić information content (AvgIpc) is 2.44. The number of aromatic hydroxyl groups is 2. The lowest BCUT2D eigenvalue weighted by Gasteiger charge is -2.28.